The molecule has 5 heteroatoms. The van der Waals surface area contributed by atoms with Crippen LogP contribution in [-0.2, 0) is 15.6 Å². The average molecular weight is 419 g/mol. The highest BCUT2D eigenvalue weighted by Crippen LogP contribution is 2.57. The molecule has 5 rings (SSSR count). The van der Waals surface area contributed by atoms with Crippen LogP contribution in [0.1, 0.15) is 87.5 Å². The normalized spacial score (nSPS) is 21.0. The predicted octanol–water partition coefficient (Wildman–Crippen LogP) is 6.07. The van der Waals surface area contributed by atoms with Gasteiger partial charge in [0.2, 0.25) is 5.91 Å². The molecule has 2 N–H and O–H groups in total. The van der Waals surface area contributed by atoms with Crippen LogP contribution in [0.15, 0.2) is 18.5 Å². The van der Waals surface area contributed by atoms with Gasteiger partial charge in [0.1, 0.15) is 18.0 Å². The Morgan fingerprint density at radius 3 is 2.45 bits per heavy atom. The number of carbonyl (C=O) groups is 1. The maximum absolute atomic E-state index is 12.2. The van der Waals surface area contributed by atoms with Gasteiger partial charge >= 0.3 is 0 Å². The lowest BCUT2D eigenvalue weighted by atomic mass is 9.69. The first kappa shape index (κ1) is 20.5. The molecule has 1 aromatic heterocycles. The molecule has 2 aromatic rings. The van der Waals surface area contributed by atoms with Crippen molar-refractivity contribution in [1.82, 2.24) is 9.97 Å². The molecule has 1 amide bonds. The number of aromatic nitrogens is 2. The molecule has 0 atom stereocenters. The minimum atomic E-state index is 0.0718. The molecule has 5 nitrogen and oxygen atoms in total. The van der Waals surface area contributed by atoms with Crippen LogP contribution < -0.4 is 10.6 Å². The van der Waals surface area contributed by atoms with E-state index >= 15 is 0 Å². The van der Waals surface area contributed by atoms with E-state index in [2.05, 4.69) is 53.5 Å². The zero-order chi connectivity index (χ0) is 21.8. The minimum Gasteiger partial charge on any atom is -0.340 e. The summed E-state index contributed by atoms with van der Waals surface area (Å²) < 4.78 is 0. The van der Waals surface area contributed by atoms with E-state index in [1.807, 2.05) is 6.92 Å². The van der Waals surface area contributed by atoms with E-state index in [1.165, 1.54) is 50.4 Å². The van der Waals surface area contributed by atoms with Crippen molar-refractivity contribution in [2.75, 3.05) is 10.6 Å². The zero-order valence-electron chi connectivity index (χ0n) is 19.3. The highest BCUT2D eigenvalue weighted by Gasteiger charge is 2.48. The fourth-order valence-corrected chi connectivity index (χ4v) is 6.28. The van der Waals surface area contributed by atoms with Gasteiger partial charge in [-0.05, 0) is 85.6 Å². The summed E-state index contributed by atoms with van der Waals surface area (Å²) in [7, 11) is 0. The first-order valence-electron chi connectivity index (χ1n) is 11.8. The fraction of sp³-hybridized carbons (Fsp3) is 0.577. The molecule has 1 aromatic carbocycles. The van der Waals surface area contributed by atoms with Gasteiger partial charge in [-0.1, -0.05) is 33.1 Å². The standard InChI is InChI=1S/C26H34N4O/c1-16-12-19(13-20-21(16)25(3,4)14-26(20)10-6-5-7-11-26)29-22-17(2)23(28-15-27-22)30-24(31)18-8-9-18/h12-13,15,18H,5-11,14H2,1-4H3,(H2,27,28,29,30,31). The summed E-state index contributed by atoms with van der Waals surface area (Å²) in [6.45, 7) is 9.05. The van der Waals surface area contributed by atoms with Crippen molar-refractivity contribution < 1.29 is 4.79 Å². The molecule has 2 saturated carbocycles. The number of aryl methyl sites for hydroxylation is 1. The molecule has 0 bridgehead atoms. The summed E-state index contributed by atoms with van der Waals surface area (Å²) in [6, 6.07) is 4.64. The zero-order valence-corrected chi connectivity index (χ0v) is 19.3. The van der Waals surface area contributed by atoms with E-state index in [9.17, 15) is 4.79 Å². The van der Waals surface area contributed by atoms with Crippen LogP contribution in [0.25, 0.3) is 0 Å². The molecule has 0 unspecified atom stereocenters. The largest absolute Gasteiger partial charge is 0.340 e. The van der Waals surface area contributed by atoms with Crippen LogP contribution in [0.5, 0.6) is 0 Å². The molecule has 0 saturated heterocycles. The van der Waals surface area contributed by atoms with Gasteiger partial charge in [0.15, 0.2) is 0 Å². The molecule has 3 aliphatic carbocycles. The Hall–Kier alpha value is -2.43. The summed E-state index contributed by atoms with van der Waals surface area (Å²) in [5, 5.41) is 6.53. The predicted molar refractivity (Wildman–Crippen MR) is 125 cm³/mol. The second-order valence-corrected chi connectivity index (χ2v) is 10.7. The molecule has 0 radical (unpaired) electrons. The van der Waals surface area contributed by atoms with Crippen LogP contribution in [0, 0.1) is 19.8 Å². The monoisotopic (exact) mass is 418 g/mol. The number of nitrogens with zero attached hydrogens (tertiary/aromatic N) is 2. The van der Waals surface area contributed by atoms with Crippen LogP contribution in [-0.4, -0.2) is 15.9 Å². The Kier molecular flexibility index (Phi) is 4.83. The first-order chi connectivity index (χ1) is 14.8. The van der Waals surface area contributed by atoms with Gasteiger partial charge in [-0.25, -0.2) is 9.97 Å². The molecule has 2 fully saturated rings. The van der Waals surface area contributed by atoms with Gasteiger partial charge in [-0.2, -0.15) is 0 Å². The molecule has 31 heavy (non-hydrogen) atoms. The third-order valence-corrected chi connectivity index (χ3v) is 7.71. The Morgan fingerprint density at radius 2 is 1.74 bits per heavy atom. The van der Waals surface area contributed by atoms with E-state index in [-0.39, 0.29) is 17.2 Å². The van der Waals surface area contributed by atoms with E-state index in [0.29, 0.717) is 11.2 Å². The van der Waals surface area contributed by atoms with Crippen molar-refractivity contribution in [3.05, 3.63) is 40.7 Å². The second-order valence-electron chi connectivity index (χ2n) is 10.7. The molecule has 164 valence electrons. The van der Waals surface area contributed by atoms with E-state index in [0.717, 1.165) is 29.9 Å². The van der Waals surface area contributed by atoms with E-state index < -0.39 is 0 Å². The topological polar surface area (TPSA) is 66.9 Å². The van der Waals surface area contributed by atoms with Crippen molar-refractivity contribution in [3.63, 3.8) is 0 Å². The number of nitrogens with one attached hydrogen (secondary N) is 2. The van der Waals surface area contributed by atoms with Crippen molar-refractivity contribution in [2.45, 2.75) is 89.9 Å². The summed E-state index contributed by atoms with van der Waals surface area (Å²) in [5.41, 5.74) is 6.97. The van der Waals surface area contributed by atoms with E-state index in [1.54, 1.807) is 11.1 Å². The lowest BCUT2D eigenvalue weighted by Crippen LogP contribution is -2.28. The van der Waals surface area contributed by atoms with Crippen molar-refractivity contribution in [3.8, 4) is 0 Å². The fourth-order valence-electron chi connectivity index (χ4n) is 6.28. The van der Waals surface area contributed by atoms with Gasteiger partial charge in [0.25, 0.3) is 0 Å². The number of benzene rings is 1. The number of rotatable bonds is 4. The maximum Gasteiger partial charge on any atom is 0.228 e. The number of hydrogen-bond acceptors (Lipinski definition) is 4. The Morgan fingerprint density at radius 1 is 1.03 bits per heavy atom. The second kappa shape index (κ2) is 7.32. The Labute approximate surface area is 185 Å². The van der Waals surface area contributed by atoms with Crippen LogP contribution in [0.4, 0.5) is 17.3 Å². The smallest absolute Gasteiger partial charge is 0.228 e. The van der Waals surface area contributed by atoms with Gasteiger partial charge in [-0.15, -0.1) is 0 Å². The summed E-state index contributed by atoms with van der Waals surface area (Å²) in [6.07, 6.45) is 11.4. The van der Waals surface area contributed by atoms with Crippen LogP contribution >= 0.6 is 0 Å². The van der Waals surface area contributed by atoms with Crippen molar-refractivity contribution in [1.29, 1.82) is 0 Å². The molecule has 1 heterocycles. The van der Waals surface area contributed by atoms with Crippen molar-refractivity contribution >= 4 is 23.2 Å². The third kappa shape index (κ3) is 3.62. The van der Waals surface area contributed by atoms with Gasteiger partial charge in [0.05, 0.1) is 0 Å². The third-order valence-electron chi connectivity index (χ3n) is 7.71. The minimum absolute atomic E-state index is 0.0718. The lowest BCUT2D eigenvalue weighted by Gasteiger charge is -2.36. The number of amides is 1. The maximum atomic E-state index is 12.2. The number of anilines is 3. The van der Waals surface area contributed by atoms with Crippen LogP contribution in [0.2, 0.25) is 0 Å². The quantitative estimate of drug-likeness (QED) is 0.632. The van der Waals surface area contributed by atoms with Crippen molar-refractivity contribution in [2.24, 2.45) is 5.92 Å². The van der Waals surface area contributed by atoms with Gasteiger partial charge in [-0.3, -0.25) is 4.79 Å². The average Bonchev–Trinajstić information content (AvgIpc) is 3.53. The van der Waals surface area contributed by atoms with Crippen LogP contribution in [0.3, 0.4) is 0 Å². The highest BCUT2D eigenvalue weighted by molar-refractivity contribution is 5.94. The number of fused-ring (bicyclic) bond motifs is 2. The number of hydrogen-bond donors (Lipinski definition) is 2. The molecular formula is C26H34N4O. The molecule has 0 aliphatic heterocycles. The highest BCUT2D eigenvalue weighted by atomic mass is 16.2. The van der Waals surface area contributed by atoms with E-state index in [4.69, 9.17) is 0 Å². The Bertz CT molecular complexity index is 1030. The SMILES string of the molecule is Cc1cc(Nc2ncnc(NC(=O)C3CC3)c2C)cc2c1C(C)(C)CC21CCCCC1. The molecule has 1 spiro atoms. The molecule has 3 aliphatic rings. The van der Waals surface area contributed by atoms with Gasteiger partial charge in [0, 0.05) is 17.2 Å². The lowest BCUT2D eigenvalue weighted by molar-refractivity contribution is -0.117. The first-order valence-corrected chi connectivity index (χ1v) is 11.8. The summed E-state index contributed by atoms with van der Waals surface area (Å²) in [5.74, 6) is 1.59. The Balaban J connectivity index is 1.48. The molecular weight excluding hydrogens is 384 g/mol. The number of carbonyl (C=O) groups excluding carboxylic acids is 1. The van der Waals surface area contributed by atoms with Gasteiger partial charge < -0.3 is 10.6 Å². The summed E-state index contributed by atoms with van der Waals surface area (Å²) >= 11 is 0. The summed E-state index contributed by atoms with van der Waals surface area (Å²) in [4.78, 5) is 21.0.